The van der Waals surface area contributed by atoms with Crippen LogP contribution in [0.4, 0.5) is 11.4 Å². The predicted octanol–water partition coefficient (Wildman–Crippen LogP) is 2.94. The number of nitrogens with zero attached hydrogens (tertiary/aromatic N) is 1. The second-order valence-corrected chi connectivity index (χ2v) is 8.95. The number of hydrogen-bond donors (Lipinski definition) is 2. The molecule has 0 radical (unpaired) electrons. The van der Waals surface area contributed by atoms with Crippen molar-refractivity contribution in [3.8, 4) is 0 Å². The Morgan fingerprint density at radius 2 is 1.92 bits per heavy atom. The van der Waals surface area contributed by atoms with Gasteiger partial charge in [0.1, 0.15) is 4.38 Å². The van der Waals surface area contributed by atoms with E-state index in [0.717, 1.165) is 15.8 Å². The van der Waals surface area contributed by atoms with Crippen LogP contribution >= 0.6 is 23.5 Å². The van der Waals surface area contributed by atoms with E-state index < -0.39 is 10.0 Å². The lowest BCUT2D eigenvalue weighted by Crippen LogP contribution is -2.16. The van der Waals surface area contributed by atoms with Crippen LogP contribution in [-0.4, -0.2) is 24.5 Å². The molecular formula is C16H15N3O3S3. The zero-order chi connectivity index (χ0) is 17.9. The summed E-state index contributed by atoms with van der Waals surface area (Å²) in [7, 11) is -3.73. The van der Waals surface area contributed by atoms with E-state index in [0.29, 0.717) is 5.69 Å². The number of nitrogens with two attached hydrogens (primary N) is 1. The fourth-order valence-corrected chi connectivity index (χ4v) is 4.52. The van der Waals surface area contributed by atoms with Crippen molar-refractivity contribution in [2.75, 3.05) is 11.1 Å². The third-order valence-electron chi connectivity index (χ3n) is 3.35. The smallest absolute Gasteiger partial charge is 0.238 e. The molecule has 2 aromatic rings. The van der Waals surface area contributed by atoms with Crippen LogP contribution in [0.5, 0.6) is 0 Å². The summed E-state index contributed by atoms with van der Waals surface area (Å²) in [5.74, 6) is 0.888. The molecule has 0 atom stereocenters. The topological polar surface area (TPSA) is 102 Å². The number of carbonyl (C=O) groups excluding carboxylic acids is 1. The first-order chi connectivity index (χ1) is 11.9. The number of amides is 1. The van der Waals surface area contributed by atoms with E-state index in [1.54, 1.807) is 11.8 Å². The van der Waals surface area contributed by atoms with Crippen LogP contribution in [-0.2, 0) is 20.6 Å². The van der Waals surface area contributed by atoms with E-state index in [2.05, 4.69) is 10.3 Å². The first kappa shape index (κ1) is 18.0. The monoisotopic (exact) mass is 393 g/mol. The number of para-hydroxylation sites is 1. The summed E-state index contributed by atoms with van der Waals surface area (Å²) in [6.07, 6.45) is 0. The quantitative estimate of drug-likeness (QED) is 0.831. The summed E-state index contributed by atoms with van der Waals surface area (Å²) in [5, 5.41) is 7.76. The van der Waals surface area contributed by atoms with Crippen LogP contribution in [0.3, 0.4) is 0 Å². The zero-order valence-corrected chi connectivity index (χ0v) is 15.5. The maximum atomic E-state index is 12.0. The van der Waals surface area contributed by atoms with Crippen LogP contribution in [0.25, 0.3) is 0 Å². The summed E-state index contributed by atoms with van der Waals surface area (Å²) in [5.41, 5.74) is 2.65. The molecule has 25 heavy (non-hydrogen) atoms. The van der Waals surface area contributed by atoms with Gasteiger partial charge in [-0.2, -0.15) is 0 Å². The average Bonchev–Trinajstić information content (AvgIpc) is 2.59. The summed E-state index contributed by atoms with van der Waals surface area (Å²) < 4.78 is 23.3. The molecule has 0 unspecified atom stereocenters. The second-order valence-electron chi connectivity index (χ2n) is 5.20. The fraction of sp³-hybridized carbons (Fsp3) is 0.125. The molecule has 0 saturated heterocycles. The number of benzene rings is 2. The first-order valence-electron chi connectivity index (χ1n) is 7.27. The number of nitrogens with one attached hydrogen (secondary N) is 1. The van der Waals surface area contributed by atoms with E-state index in [9.17, 15) is 13.2 Å². The van der Waals surface area contributed by atoms with E-state index >= 15 is 0 Å². The molecular weight excluding hydrogens is 378 g/mol. The highest BCUT2D eigenvalue weighted by Gasteiger charge is 2.14. The molecule has 0 saturated carbocycles. The van der Waals surface area contributed by atoms with Crippen molar-refractivity contribution in [2.24, 2.45) is 10.1 Å². The molecule has 3 rings (SSSR count). The Balaban J connectivity index is 1.56. The second kappa shape index (κ2) is 7.61. The Morgan fingerprint density at radius 3 is 2.64 bits per heavy atom. The summed E-state index contributed by atoms with van der Waals surface area (Å²) >= 11 is 2.99. The van der Waals surface area contributed by atoms with Gasteiger partial charge in [-0.3, -0.25) is 4.79 Å². The zero-order valence-electron chi connectivity index (χ0n) is 13.0. The molecule has 0 spiro atoms. The number of fused-ring (bicyclic) bond motifs is 1. The van der Waals surface area contributed by atoms with Crippen LogP contribution in [0.1, 0.15) is 5.56 Å². The lowest BCUT2D eigenvalue weighted by Gasteiger charge is -2.14. The van der Waals surface area contributed by atoms with Gasteiger partial charge in [0.05, 0.1) is 16.3 Å². The van der Waals surface area contributed by atoms with Gasteiger partial charge < -0.3 is 5.32 Å². The SMILES string of the molecule is NS(=O)(=O)c1ccc(NC(=O)CSC2=Nc3ccccc3CS2)cc1. The number of carbonyl (C=O) groups is 1. The maximum absolute atomic E-state index is 12.0. The first-order valence-corrected chi connectivity index (χ1v) is 10.8. The van der Waals surface area contributed by atoms with E-state index in [4.69, 9.17) is 5.14 Å². The summed E-state index contributed by atoms with van der Waals surface area (Å²) in [4.78, 5) is 16.6. The predicted molar refractivity (Wildman–Crippen MR) is 104 cm³/mol. The lowest BCUT2D eigenvalue weighted by molar-refractivity contribution is -0.113. The van der Waals surface area contributed by atoms with Gasteiger partial charge in [0, 0.05) is 11.4 Å². The molecule has 1 aliphatic heterocycles. The number of primary sulfonamides is 1. The van der Waals surface area contributed by atoms with Crippen LogP contribution in [0, 0.1) is 0 Å². The standard InChI is InChI=1S/C16H15N3O3S3/c17-25(21,22)13-7-5-12(6-8-13)18-15(20)10-24-16-19-14-4-2-1-3-11(14)9-23-16/h1-8H,9-10H2,(H,18,20)(H2,17,21,22). The van der Waals surface area contributed by atoms with Gasteiger partial charge in [-0.25, -0.2) is 18.5 Å². The highest BCUT2D eigenvalue weighted by molar-refractivity contribution is 8.38. The van der Waals surface area contributed by atoms with Crippen molar-refractivity contribution in [3.05, 3.63) is 54.1 Å². The molecule has 1 heterocycles. The molecule has 1 amide bonds. The maximum Gasteiger partial charge on any atom is 0.238 e. The number of rotatable bonds is 4. The number of sulfonamides is 1. The van der Waals surface area contributed by atoms with Crippen molar-refractivity contribution in [1.29, 1.82) is 0 Å². The fourth-order valence-electron chi connectivity index (χ4n) is 2.14. The highest BCUT2D eigenvalue weighted by atomic mass is 32.2. The van der Waals surface area contributed by atoms with E-state index in [-0.39, 0.29) is 16.6 Å². The van der Waals surface area contributed by atoms with E-state index in [1.165, 1.54) is 41.6 Å². The number of thioether (sulfide) groups is 2. The molecule has 0 aliphatic carbocycles. The Kier molecular flexibility index (Phi) is 5.48. The van der Waals surface area contributed by atoms with Gasteiger partial charge in [0.2, 0.25) is 15.9 Å². The van der Waals surface area contributed by atoms with Gasteiger partial charge in [-0.05, 0) is 35.9 Å². The van der Waals surface area contributed by atoms with Crippen molar-refractivity contribution in [1.82, 2.24) is 0 Å². The van der Waals surface area contributed by atoms with Crippen LogP contribution < -0.4 is 10.5 Å². The van der Waals surface area contributed by atoms with Crippen LogP contribution in [0.15, 0.2) is 58.4 Å². The molecule has 0 aromatic heterocycles. The molecule has 9 heteroatoms. The molecule has 6 nitrogen and oxygen atoms in total. The molecule has 130 valence electrons. The van der Waals surface area contributed by atoms with E-state index in [1.807, 2.05) is 24.3 Å². The molecule has 2 aromatic carbocycles. The van der Waals surface area contributed by atoms with Gasteiger partial charge in [-0.15, -0.1) is 0 Å². The number of hydrogen-bond acceptors (Lipinski definition) is 6. The molecule has 3 N–H and O–H groups in total. The Morgan fingerprint density at radius 1 is 1.20 bits per heavy atom. The van der Waals surface area contributed by atoms with Crippen molar-refractivity contribution in [2.45, 2.75) is 10.6 Å². The van der Waals surface area contributed by atoms with Gasteiger partial charge in [0.25, 0.3) is 0 Å². The van der Waals surface area contributed by atoms with Gasteiger partial charge in [0.15, 0.2) is 0 Å². The minimum atomic E-state index is -3.73. The number of aliphatic imine (C=N–C) groups is 1. The number of anilines is 1. The van der Waals surface area contributed by atoms with Gasteiger partial charge >= 0.3 is 0 Å². The average molecular weight is 394 g/mol. The minimum absolute atomic E-state index is 0.00602. The lowest BCUT2D eigenvalue weighted by atomic mass is 10.2. The highest BCUT2D eigenvalue weighted by Crippen LogP contribution is 2.34. The van der Waals surface area contributed by atoms with Gasteiger partial charge in [-0.1, -0.05) is 41.7 Å². The molecule has 0 bridgehead atoms. The molecule has 1 aliphatic rings. The Bertz CT molecular complexity index is 925. The Labute approximate surface area is 154 Å². The van der Waals surface area contributed by atoms with Crippen molar-refractivity contribution in [3.63, 3.8) is 0 Å². The Hall–Kier alpha value is -1.81. The minimum Gasteiger partial charge on any atom is -0.325 e. The summed E-state index contributed by atoms with van der Waals surface area (Å²) in [6.45, 7) is 0. The van der Waals surface area contributed by atoms with Crippen molar-refractivity contribution >= 4 is 55.2 Å². The third kappa shape index (κ3) is 4.85. The van der Waals surface area contributed by atoms with Crippen LogP contribution in [0.2, 0.25) is 0 Å². The third-order valence-corrected chi connectivity index (χ3v) is 6.52. The largest absolute Gasteiger partial charge is 0.325 e. The van der Waals surface area contributed by atoms with Crippen molar-refractivity contribution < 1.29 is 13.2 Å². The molecule has 0 fully saturated rings. The normalized spacial score (nSPS) is 13.7. The summed E-state index contributed by atoms with van der Waals surface area (Å²) in [6, 6.07) is 13.7.